The number of nitrogens with one attached hydrogen (secondary N) is 1. The Morgan fingerprint density at radius 3 is 2.00 bits per heavy atom. The van der Waals surface area contributed by atoms with Crippen molar-refractivity contribution in [3.63, 3.8) is 0 Å². The maximum absolute atomic E-state index is 12.9. The number of benzene rings is 1. The lowest BCUT2D eigenvalue weighted by Crippen LogP contribution is -2.40. The molecule has 0 amide bonds. The van der Waals surface area contributed by atoms with Gasteiger partial charge in [0.05, 0.1) is 6.61 Å². The Morgan fingerprint density at radius 2 is 1.42 bits per heavy atom. The van der Waals surface area contributed by atoms with Gasteiger partial charge in [-0.15, -0.1) is 0 Å². The molecule has 2 rings (SSSR count). The summed E-state index contributed by atoms with van der Waals surface area (Å²) < 4.78 is 5.53. The van der Waals surface area contributed by atoms with E-state index in [9.17, 15) is 14.7 Å². The topological polar surface area (TPSA) is 78.9 Å². The van der Waals surface area contributed by atoms with Crippen molar-refractivity contribution in [2.75, 3.05) is 11.5 Å². The zero-order chi connectivity index (χ0) is 22.6. The lowest BCUT2D eigenvalue weighted by atomic mass is 10.1. The molecule has 0 unspecified atom stereocenters. The number of unbranched alkanes of at least 4 members (excludes halogenated alkanes) is 8. The molecule has 170 valence electrons. The minimum absolute atomic E-state index is 0.0202. The molecule has 1 aromatic carbocycles. The van der Waals surface area contributed by atoms with Crippen LogP contribution in [0.4, 0.5) is 5.69 Å². The van der Waals surface area contributed by atoms with Crippen LogP contribution in [-0.4, -0.2) is 23.7 Å². The van der Waals surface area contributed by atoms with Crippen LogP contribution in [-0.2, 0) is 14.3 Å². The second-order valence-corrected chi connectivity index (χ2v) is 8.01. The summed E-state index contributed by atoms with van der Waals surface area (Å²) in [5, 5.41) is 12.8. The number of nitrogens with zero attached hydrogens (tertiary/aromatic N) is 1. The van der Waals surface area contributed by atoms with E-state index in [0.29, 0.717) is 23.7 Å². The molecular formula is C25H36N2O4. The Labute approximate surface area is 186 Å². The van der Waals surface area contributed by atoms with E-state index < -0.39 is 11.9 Å². The van der Waals surface area contributed by atoms with Gasteiger partial charge in [-0.1, -0.05) is 76.5 Å². The number of hydrogen-bond acceptors (Lipinski definition) is 5. The van der Waals surface area contributed by atoms with E-state index in [1.54, 1.807) is 26.0 Å². The molecule has 6 heteroatoms. The number of anilines is 1. The van der Waals surface area contributed by atoms with Gasteiger partial charge in [-0.25, -0.2) is 9.59 Å². The third-order valence-electron chi connectivity index (χ3n) is 5.42. The average Bonchev–Trinajstić information content (AvgIpc) is 2.74. The number of carbonyl (C=O) groups excluding carboxylic acids is 1. The van der Waals surface area contributed by atoms with Crippen molar-refractivity contribution in [3.8, 4) is 0 Å². The van der Waals surface area contributed by atoms with E-state index in [1.807, 2.05) is 18.2 Å². The lowest BCUT2D eigenvalue weighted by molar-refractivity contribution is -0.139. The third-order valence-corrected chi connectivity index (χ3v) is 5.42. The molecule has 1 heterocycles. The largest absolute Gasteiger partial charge is 0.477 e. The van der Waals surface area contributed by atoms with E-state index in [0.717, 1.165) is 19.3 Å². The van der Waals surface area contributed by atoms with Gasteiger partial charge in [-0.05, 0) is 32.4 Å². The van der Waals surface area contributed by atoms with Gasteiger partial charge in [0.25, 0.3) is 0 Å². The maximum atomic E-state index is 12.9. The normalized spacial score (nSPS) is 14.0. The first-order chi connectivity index (χ1) is 15.0. The zero-order valence-electron chi connectivity index (χ0n) is 19.1. The number of para-hydroxylation sites is 1. The van der Waals surface area contributed by atoms with Crippen LogP contribution in [0.5, 0.6) is 0 Å². The van der Waals surface area contributed by atoms with E-state index in [4.69, 9.17) is 4.74 Å². The van der Waals surface area contributed by atoms with E-state index >= 15 is 0 Å². The first kappa shape index (κ1) is 24.5. The van der Waals surface area contributed by atoms with Crippen molar-refractivity contribution in [3.05, 3.63) is 53.1 Å². The summed E-state index contributed by atoms with van der Waals surface area (Å²) in [4.78, 5) is 26.4. The molecule has 0 fully saturated rings. The van der Waals surface area contributed by atoms with Crippen molar-refractivity contribution in [2.24, 2.45) is 0 Å². The standard InChI is InChI=1S/C25H36N2O4/c1-4-5-6-7-8-9-10-11-15-18-31-25(30)23-20(3)26-19(2)22(24(28)29)27(23)21-16-13-12-14-17-21/h12-14,16-17,26H,4-11,15,18H2,1-3H3,(H,28,29). The van der Waals surface area contributed by atoms with E-state index in [-0.39, 0.29) is 11.4 Å². The SMILES string of the molecule is CCCCCCCCCCCOC(=O)C1=C(C)NC(C)=C(C(=O)O)N1c1ccccc1. The molecule has 0 saturated carbocycles. The first-order valence-electron chi connectivity index (χ1n) is 11.4. The fourth-order valence-corrected chi connectivity index (χ4v) is 3.83. The number of rotatable bonds is 13. The third kappa shape index (κ3) is 7.16. The molecule has 6 nitrogen and oxygen atoms in total. The molecule has 1 aliphatic heterocycles. The number of carboxylic acid groups (broad SMARTS) is 1. The molecule has 1 aliphatic rings. The molecule has 0 aromatic heterocycles. The summed E-state index contributed by atoms with van der Waals surface area (Å²) in [6, 6.07) is 9.03. The van der Waals surface area contributed by atoms with Crippen LogP contribution in [0.3, 0.4) is 0 Å². The predicted molar refractivity (Wildman–Crippen MR) is 123 cm³/mol. The molecule has 0 atom stereocenters. The molecule has 31 heavy (non-hydrogen) atoms. The molecule has 0 bridgehead atoms. The fourth-order valence-electron chi connectivity index (χ4n) is 3.83. The Balaban J connectivity index is 1.94. The summed E-state index contributed by atoms with van der Waals surface area (Å²) in [5.41, 5.74) is 1.89. The monoisotopic (exact) mass is 428 g/mol. The zero-order valence-corrected chi connectivity index (χ0v) is 19.1. The van der Waals surface area contributed by atoms with Gasteiger partial charge < -0.3 is 15.2 Å². The minimum Gasteiger partial charge on any atom is -0.477 e. The van der Waals surface area contributed by atoms with Crippen molar-refractivity contribution in [2.45, 2.75) is 78.6 Å². The van der Waals surface area contributed by atoms with Crippen LogP contribution in [0.2, 0.25) is 0 Å². The van der Waals surface area contributed by atoms with Crippen LogP contribution >= 0.6 is 0 Å². The summed E-state index contributed by atoms with van der Waals surface area (Å²) in [5.74, 6) is -1.62. The number of esters is 1. The van der Waals surface area contributed by atoms with Gasteiger partial charge in [0.2, 0.25) is 0 Å². The van der Waals surface area contributed by atoms with Gasteiger partial charge in [0.15, 0.2) is 11.4 Å². The number of allylic oxidation sites excluding steroid dienone is 2. The van der Waals surface area contributed by atoms with Crippen LogP contribution < -0.4 is 10.2 Å². The first-order valence-corrected chi connectivity index (χ1v) is 11.4. The summed E-state index contributed by atoms with van der Waals surface area (Å²) in [6.45, 7) is 6.00. The van der Waals surface area contributed by atoms with Gasteiger partial charge in [-0.2, -0.15) is 0 Å². The lowest BCUT2D eigenvalue weighted by Gasteiger charge is -2.33. The predicted octanol–water partition coefficient (Wildman–Crippen LogP) is 5.72. The van der Waals surface area contributed by atoms with Crippen LogP contribution in [0.15, 0.2) is 53.1 Å². The molecule has 2 N–H and O–H groups in total. The smallest absolute Gasteiger partial charge is 0.357 e. The molecular weight excluding hydrogens is 392 g/mol. The average molecular weight is 429 g/mol. The van der Waals surface area contributed by atoms with Gasteiger partial charge in [0, 0.05) is 17.1 Å². The Morgan fingerprint density at radius 1 is 0.871 bits per heavy atom. The van der Waals surface area contributed by atoms with Crippen molar-refractivity contribution in [1.29, 1.82) is 0 Å². The van der Waals surface area contributed by atoms with E-state index in [1.165, 1.54) is 43.4 Å². The second kappa shape index (κ2) is 12.8. The van der Waals surface area contributed by atoms with Crippen LogP contribution in [0.1, 0.15) is 78.6 Å². The number of ether oxygens (including phenoxy) is 1. The van der Waals surface area contributed by atoms with E-state index in [2.05, 4.69) is 12.2 Å². The molecule has 0 spiro atoms. The molecule has 0 aliphatic carbocycles. The summed E-state index contributed by atoms with van der Waals surface area (Å²) >= 11 is 0. The van der Waals surface area contributed by atoms with Gasteiger partial charge >= 0.3 is 11.9 Å². The maximum Gasteiger partial charge on any atom is 0.357 e. The second-order valence-electron chi connectivity index (χ2n) is 8.01. The highest BCUT2D eigenvalue weighted by Crippen LogP contribution is 2.31. The van der Waals surface area contributed by atoms with Crippen molar-refractivity contribution >= 4 is 17.6 Å². The number of carboxylic acids is 1. The number of hydrogen-bond donors (Lipinski definition) is 2. The minimum atomic E-state index is -1.11. The Hall–Kier alpha value is -2.76. The van der Waals surface area contributed by atoms with Crippen LogP contribution in [0.25, 0.3) is 0 Å². The molecule has 0 radical (unpaired) electrons. The number of carbonyl (C=O) groups is 2. The highest BCUT2D eigenvalue weighted by Gasteiger charge is 2.34. The number of aliphatic carboxylic acids is 1. The molecule has 1 aromatic rings. The Kier molecular flexibility index (Phi) is 10.1. The van der Waals surface area contributed by atoms with Crippen molar-refractivity contribution in [1.82, 2.24) is 5.32 Å². The molecule has 0 saturated heterocycles. The fraction of sp³-hybridized carbons (Fsp3) is 0.520. The highest BCUT2D eigenvalue weighted by atomic mass is 16.5. The Bertz CT molecular complexity index is 799. The summed E-state index contributed by atoms with van der Waals surface area (Å²) in [6.07, 6.45) is 10.7. The van der Waals surface area contributed by atoms with Gasteiger partial charge in [-0.3, -0.25) is 4.90 Å². The van der Waals surface area contributed by atoms with Crippen molar-refractivity contribution < 1.29 is 19.4 Å². The quantitative estimate of drug-likeness (QED) is 0.309. The van der Waals surface area contributed by atoms with Crippen LogP contribution in [0, 0.1) is 0 Å². The van der Waals surface area contributed by atoms with Gasteiger partial charge in [0.1, 0.15) is 0 Å². The summed E-state index contributed by atoms with van der Waals surface area (Å²) in [7, 11) is 0. The highest BCUT2D eigenvalue weighted by molar-refractivity contribution is 6.02.